The molecule has 0 bridgehead atoms. The van der Waals surface area contributed by atoms with Gasteiger partial charge in [0.25, 0.3) is 5.56 Å². The van der Waals surface area contributed by atoms with Gasteiger partial charge in [0.1, 0.15) is 23.3 Å². The number of hydrogen-bond donors (Lipinski definition) is 0. The smallest absolute Gasteiger partial charge is 0.276 e. The molecule has 10 heteroatoms. The van der Waals surface area contributed by atoms with Crippen LogP contribution in [-0.4, -0.2) is 22.6 Å². The molecule has 0 unspecified atom stereocenters. The van der Waals surface area contributed by atoms with Crippen LogP contribution >= 0.6 is 23.2 Å². The van der Waals surface area contributed by atoms with Crippen LogP contribution in [-0.2, 0) is 13.1 Å². The second-order valence-electron chi connectivity index (χ2n) is 7.75. The molecular formula is C24H21Cl2F3N2O3. The Morgan fingerprint density at radius 3 is 2.41 bits per heavy atom. The molecule has 0 amide bonds. The van der Waals surface area contributed by atoms with Crippen molar-refractivity contribution < 1.29 is 22.6 Å². The number of rotatable bonds is 7. The summed E-state index contributed by atoms with van der Waals surface area (Å²) < 4.78 is 57.3. The second kappa shape index (κ2) is 9.80. The summed E-state index contributed by atoms with van der Waals surface area (Å²) in [6, 6.07) is 4.92. The summed E-state index contributed by atoms with van der Waals surface area (Å²) in [6.45, 7) is 6.36. The Morgan fingerprint density at radius 1 is 1.03 bits per heavy atom. The lowest BCUT2D eigenvalue weighted by molar-refractivity contribution is 0.313. The maximum atomic E-state index is 14.8. The van der Waals surface area contributed by atoms with Crippen LogP contribution in [0.1, 0.15) is 25.3 Å². The minimum Gasteiger partial charge on any atom is -0.491 e. The van der Waals surface area contributed by atoms with Gasteiger partial charge in [0, 0.05) is 24.2 Å². The van der Waals surface area contributed by atoms with Crippen molar-refractivity contribution in [2.75, 3.05) is 13.2 Å². The Kier molecular flexibility index (Phi) is 7.00. The molecule has 0 fully saturated rings. The van der Waals surface area contributed by atoms with Crippen LogP contribution in [0.3, 0.4) is 0 Å². The lowest BCUT2D eigenvalue weighted by Gasteiger charge is -2.17. The molecule has 0 radical (unpaired) electrons. The van der Waals surface area contributed by atoms with Crippen LogP contribution in [0.2, 0.25) is 10.2 Å². The summed E-state index contributed by atoms with van der Waals surface area (Å²) in [6.07, 6.45) is 1.68. The molecule has 0 atom stereocenters. The highest BCUT2D eigenvalue weighted by Crippen LogP contribution is 2.36. The molecule has 2 aromatic carbocycles. The maximum Gasteiger partial charge on any atom is 0.276 e. The molecule has 2 heterocycles. The van der Waals surface area contributed by atoms with Crippen LogP contribution in [0, 0.1) is 17.5 Å². The van der Waals surface area contributed by atoms with E-state index in [2.05, 4.69) is 6.58 Å². The predicted molar refractivity (Wildman–Crippen MR) is 125 cm³/mol. The first-order chi connectivity index (χ1) is 16.2. The van der Waals surface area contributed by atoms with Gasteiger partial charge in [-0.15, -0.1) is 0 Å². The third-order valence-corrected chi connectivity index (χ3v) is 6.26. The summed E-state index contributed by atoms with van der Waals surface area (Å²) >= 11 is 12.6. The number of nitrogens with zero attached hydrogens (tertiary/aromatic N) is 2. The van der Waals surface area contributed by atoms with Crippen LogP contribution in [0.15, 0.2) is 35.6 Å². The fourth-order valence-electron chi connectivity index (χ4n) is 3.90. The summed E-state index contributed by atoms with van der Waals surface area (Å²) in [4.78, 5) is 12.9. The summed E-state index contributed by atoms with van der Waals surface area (Å²) in [5.74, 6) is -3.16. The Bertz CT molecular complexity index is 1330. The first-order valence-corrected chi connectivity index (χ1v) is 11.4. The first kappa shape index (κ1) is 24.3. The summed E-state index contributed by atoms with van der Waals surface area (Å²) in [5, 5.41) is 0.0702. The molecule has 34 heavy (non-hydrogen) atoms. The average molecular weight is 513 g/mol. The van der Waals surface area contributed by atoms with Gasteiger partial charge >= 0.3 is 0 Å². The van der Waals surface area contributed by atoms with E-state index in [-0.39, 0.29) is 57.2 Å². The van der Waals surface area contributed by atoms with Crippen LogP contribution in [0.25, 0.3) is 16.7 Å². The highest BCUT2D eigenvalue weighted by molar-refractivity contribution is 6.33. The van der Waals surface area contributed by atoms with E-state index in [4.69, 9.17) is 32.7 Å². The lowest BCUT2D eigenvalue weighted by Crippen LogP contribution is -2.27. The van der Waals surface area contributed by atoms with Crippen molar-refractivity contribution in [3.63, 3.8) is 0 Å². The lowest BCUT2D eigenvalue weighted by atomic mass is 10.1. The zero-order chi connectivity index (χ0) is 24.6. The number of benzene rings is 2. The molecule has 4 rings (SSSR count). The van der Waals surface area contributed by atoms with E-state index in [1.165, 1.54) is 22.9 Å². The average Bonchev–Trinajstić information content (AvgIpc) is 3.07. The molecule has 0 saturated heterocycles. The van der Waals surface area contributed by atoms with E-state index in [0.717, 1.165) is 18.9 Å². The van der Waals surface area contributed by atoms with Gasteiger partial charge in [0.05, 0.1) is 17.2 Å². The summed E-state index contributed by atoms with van der Waals surface area (Å²) in [5.41, 5.74) is -0.429. The third kappa shape index (κ3) is 4.32. The molecule has 0 N–H and O–H groups in total. The van der Waals surface area contributed by atoms with Gasteiger partial charge in [0.2, 0.25) is 5.82 Å². The number of fused-ring (bicyclic) bond motifs is 1. The molecule has 0 aliphatic carbocycles. The zero-order valence-electron chi connectivity index (χ0n) is 18.3. The molecule has 0 saturated carbocycles. The van der Waals surface area contributed by atoms with E-state index < -0.39 is 23.0 Å². The Morgan fingerprint density at radius 2 is 1.74 bits per heavy atom. The topological polar surface area (TPSA) is 45.4 Å². The van der Waals surface area contributed by atoms with Gasteiger partial charge in [-0.3, -0.25) is 9.48 Å². The van der Waals surface area contributed by atoms with Crippen molar-refractivity contribution in [1.82, 2.24) is 9.36 Å². The van der Waals surface area contributed by atoms with Crippen LogP contribution in [0.5, 0.6) is 11.5 Å². The minimum absolute atomic E-state index is 0.0149. The largest absolute Gasteiger partial charge is 0.491 e. The molecule has 0 spiro atoms. The van der Waals surface area contributed by atoms with Gasteiger partial charge in [-0.05, 0) is 49.6 Å². The van der Waals surface area contributed by atoms with Crippen molar-refractivity contribution in [1.29, 1.82) is 0 Å². The molecule has 1 aliphatic rings. The van der Waals surface area contributed by atoms with Gasteiger partial charge in [0.15, 0.2) is 11.6 Å². The Hall–Kier alpha value is -2.84. The third-order valence-electron chi connectivity index (χ3n) is 5.58. The van der Waals surface area contributed by atoms with Gasteiger partial charge < -0.3 is 9.47 Å². The number of aromatic nitrogens is 2. The number of hydrogen-bond acceptors (Lipinski definition) is 3. The van der Waals surface area contributed by atoms with Crippen molar-refractivity contribution in [3.8, 4) is 22.6 Å². The van der Waals surface area contributed by atoms with Crippen molar-refractivity contribution >= 4 is 28.8 Å². The zero-order valence-corrected chi connectivity index (χ0v) is 19.8. The maximum absolute atomic E-state index is 14.8. The minimum atomic E-state index is -1.13. The van der Waals surface area contributed by atoms with E-state index in [0.29, 0.717) is 13.1 Å². The van der Waals surface area contributed by atoms with Gasteiger partial charge in [-0.2, -0.15) is 4.39 Å². The number of ether oxygens (including phenoxy) is 2. The standard InChI is InChI=1S/C24H21Cl2F3N2O3/c1-3-33-18-7-6-14(21(28)22(18)29)13(2)12-34-19-10-15(17(27)11-16(19)25)20-23(26)30-8-4-5-9-31(30)24(20)32/h6-7,10-11H,2-5,8-9,12H2,1H3. The van der Waals surface area contributed by atoms with Gasteiger partial charge in [-0.1, -0.05) is 29.8 Å². The van der Waals surface area contributed by atoms with E-state index in [1.54, 1.807) is 11.6 Å². The summed E-state index contributed by atoms with van der Waals surface area (Å²) in [7, 11) is 0. The highest BCUT2D eigenvalue weighted by Gasteiger charge is 2.25. The monoisotopic (exact) mass is 512 g/mol. The first-order valence-electron chi connectivity index (χ1n) is 10.6. The fourth-order valence-corrected chi connectivity index (χ4v) is 4.46. The highest BCUT2D eigenvalue weighted by atomic mass is 35.5. The Labute approximate surface area is 203 Å². The second-order valence-corrected chi connectivity index (χ2v) is 8.52. The predicted octanol–water partition coefficient (Wildman–Crippen LogP) is 6.33. The fraction of sp³-hybridized carbons (Fsp3) is 0.292. The molecule has 1 aromatic heterocycles. The SMILES string of the molecule is C=C(COc1cc(-c2c(Cl)n3n(c2=O)CCCC3)c(F)cc1Cl)c1ccc(OCC)c(F)c1F. The molecule has 180 valence electrons. The molecule has 3 aromatic rings. The van der Waals surface area contributed by atoms with Crippen molar-refractivity contribution in [2.45, 2.75) is 32.9 Å². The quantitative estimate of drug-likeness (QED) is 0.371. The van der Waals surface area contributed by atoms with Crippen LogP contribution in [0.4, 0.5) is 13.2 Å². The normalized spacial score (nSPS) is 13.0. The molecule has 1 aliphatic heterocycles. The van der Waals surface area contributed by atoms with Crippen molar-refractivity contribution in [3.05, 3.63) is 74.4 Å². The van der Waals surface area contributed by atoms with Gasteiger partial charge in [-0.25, -0.2) is 13.5 Å². The number of halogens is 5. The van der Waals surface area contributed by atoms with E-state index in [1.807, 2.05) is 0 Å². The van der Waals surface area contributed by atoms with Crippen LogP contribution < -0.4 is 15.0 Å². The van der Waals surface area contributed by atoms with Crippen molar-refractivity contribution in [2.24, 2.45) is 0 Å². The molecule has 5 nitrogen and oxygen atoms in total. The van der Waals surface area contributed by atoms with E-state index in [9.17, 15) is 18.0 Å². The Balaban J connectivity index is 1.62. The molecular weight excluding hydrogens is 492 g/mol. The van der Waals surface area contributed by atoms with E-state index >= 15 is 0 Å².